The van der Waals surface area contributed by atoms with Gasteiger partial charge >= 0.3 is 0 Å². The van der Waals surface area contributed by atoms with Gasteiger partial charge in [0.15, 0.2) is 0 Å². The molecule has 0 saturated carbocycles. The van der Waals surface area contributed by atoms with Crippen molar-refractivity contribution in [2.24, 2.45) is 0 Å². The van der Waals surface area contributed by atoms with Crippen LogP contribution in [0.3, 0.4) is 0 Å². The predicted octanol–water partition coefficient (Wildman–Crippen LogP) is 3.25. The van der Waals surface area contributed by atoms with Crippen LogP contribution in [0.4, 0.5) is 11.6 Å². The summed E-state index contributed by atoms with van der Waals surface area (Å²) in [6.07, 6.45) is 0. The Balaban J connectivity index is 2.15. The van der Waals surface area contributed by atoms with E-state index in [0.717, 1.165) is 29.8 Å². The second kappa shape index (κ2) is 5.48. The molecule has 0 aliphatic carbocycles. The summed E-state index contributed by atoms with van der Waals surface area (Å²) in [7, 11) is 0. The predicted molar refractivity (Wildman–Crippen MR) is 87.9 cm³/mol. The van der Waals surface area contributed by atoms with Crippen LogP contribution in [-0.4, -0.2) is 22.6 Å². The fourth-order valence-corrected chi connectivity index (χ4v) is 2.65. The molecule has 0 atom stereocenters. The van der Waals surface area contributed by atoms with Gasteiger partial charge in [0.25, 0.3) is 0 Å². The Hall–Kier alpha value is -2.49. The van der Waals surface area contributed by atoms with Crippen LogP contribution in [0.25, 0.3) is 16.7 Å². The minimum absolute atomic E-state index is 0.490. The number of anilines is 2. The van der Waals surface area contributed by atoms with E-state index < -0.39 is 0 Å². The summed E-state index contributed by atoms with van der Waals surface area (Å²) in [4.78, 5) is 6.71. The Morgan fingerprint density at radius 3 is 2.71 bits per heavy atom. The van der Waals surface area contributed by atoms with Gasteiger partial charge in [-0.25, -0.2) is 4.98 Å². The largest absolute Gasteiger partial charge is 0.372 e. The number of nitrogens with two attached hydrogens (primary N) is 1. The minimum Gasteiger partial charge on any atom is -0.372 e. The first-order chi connectivity index (χ1) is 10.2. The quantitative estimate of drug-likeness (QED) is 0.797. The normalized spacial score (nSPS) is 11.0. The average molecular weight is 279 g/mol. The van der Waals surface area contributed by atoms with Gasteiger partial charge in [-0.3, -0.25) is 4.57 Å². The van der Waals surface area contributed by atoms with E-state index in [4.69, 9.17) is 5.73 Å². The fourth-order valence-electron chi connectivity index (χ4n) is 2.65. The highest BCUT2D eigenvalue weighted by atomic mass is 15.2. The zero-order valence-electron chi connectivity index (χ0n) is 12.4. The molecule has 0 fully saturated rings. The highest BCUT2D eigenvalue weighted by molar-refractivity contribution is 5.81. The molecule has 0 spiro atoms. The Bertz CT molecular complexity index is 756. The molecular formula is C17H19N4. The molecule has 2 aromatic carbocycles. The Morgan fingerprint density at radius 2 is 1.95 bits per heavy atom. The average Bonchev–Trinajstić information content (AvgIpc) is 2.84. The molecule has 0 bridgehead atoms. The maximum absolute atomic E-state index is 6.09. The third-order valence-corrected chi connectivity index (χ3v) is 3.73. The van der Waals surface area contributed by atoms with Crippen molar-refractivity contribution in [3.63, 3.8) is 0 Å². The summed E-state index contributed by atoms with van der Waals surface area (Å²) >= 11 is 0. The summed E-state index contributed by atoms with van der Waals surface area (Å²) < 4.78 is 1.95. The Kier molecular flexibility index (Phi) is 3.52. The number of hydrogen-bond donors (Lipinski definition) is 1. The second-order valence-corrected chi connectivity index (χ2v) is 4.90. The molecule has 0 amide bonds. The van der Waals surface area contributed by atoms with Gasteiger partial charge in [0.1, 0.15) is 0 Å². The van der Waals surface area contributed by atoms with Crippen molar-refractivity contribution in [1.29, 1.82) is 0 Å². The molecule has 1 heterocycles. The summed E-state index contributed by atoms with van der Waals surface area (Å²) in [5.41, 5.74) is 10.1. The fraction of sp³-hybridized carbons (Fsp3) is 0.235. The molecule has 1 radical (unpaired) electrons. The van der Waals surface area contributed by atoms with E-state index in [0.29, 0.717) is 5.95 Å². The lowest BCUT2D eigenvalue weighted by atomic mass is 10.2. The van der Waals surface area contributed by atoms with Crippen molar-refractivity contribution in [3.8, 4) is 5.69 Å². The molecule has 4 nitrogen and oxygen atoms in total. The molecule has 0 aliphatic rings. The van der Waals surface area contributed by atoms with Crippen molar-refractivity contribution in [1.82, 2.24) is 9.55 Å². The van der Waals surface area contributed by atoms with Crippen molar-refractivity contribution >= 4 is 22.7 Å². The van der Waals surface area contributed by atoms with Crippen LogP contribution in [-0.2, 0) is 0 Å². The topological polar surface area (TPSA) is 47.1 Å². The first kappa shape index (κ1) is 13.5. The van der Waals surface area contributed by atoms with E-state index in [2.05, 4.69) is 41.9 Å². The number of aromatic nitrogens is 2. The summed E-state index contributed by atoms with van der Waals surface area (Å²) in [5, 5.41) is 0. The zero-order chi connectivity index (χ0) is 14.8. The first-order valence-electron chi connectivity index (χ1n) is 7.24. The molecule has 0 saturated heterocycles. The van der Waals surface area contributed by atoms with E-state index in [-0.39, 0.29) is 0 Å². The highest BCUT2D eigenvalue weighted by Crippen LogP contribution is 2.25. The van der Waals surface area contributed by atoms with E-state index >= 15 is 0 Å². The first-order valence-corrected chi connectivity index (χ1v) is 7.24. The van der Waals surface area contributed by atoms with Crippen LogP contribution in [0.2, 0.25) is 0 Å². The molecule has 21 heavy (non-hydrogen) atoms. The number of nitrogen functional groups attached to an aromatic ring is 1. The molecule has 0 aliphatic heterocycles. The van der Waals surface area contributed by atoms with Gasteiger partial charge in [-0.1, -0.05) is 18.2 Å². The molecule has 3 aromatic rings. The van der Waals surface area contributed by atoms with Crippen LogP contribution in [0.15, 0.2) is 42.5 Å². The van der Waals surface area contributed by atoms with Crippen LogP contribution in [0.1, 0.15) is 13.8 Å². The monoisotopic (exact) mass is 279 g/mol. The molecule has 0 unspecified atom stereocenters. The molecule has 107 valence electrons. The number of imidazole rings is 1. The molecule has 1 aromatic heterocycles. The van der Waals surface area contributed by atoms with Crippen LogP contribution in [0.5, 0.6) is 0 Å². The van der Waals surface area contributed by atoms with Crippen molar-refractivity contribution in [3.05, 3.63) is 48.5 Å². The third-order valence-electron chi connectivity index (χ3n) is 3.73. The SMILES string of the molecule is CCN(CC)c1cc[c]c(-n2c(N)nc3ccccc32)c1. The smallest absolute Gasteiger partial charge is 0.205 e. The number of nitrogens with zero attached hydrogens (tertiary/aromatic N) is 3. The van der Waals surface area contributed by atoms with Gasteiger partial charge in [-0.2, -0.15) is 0 Å². The molecule has 2 N–H and O–H groups in total. The zero-order valence-corrected chi connectivity index (χ0v) is 12.4. The van der Waals surface area contributed by atoms with Gasteiger partial charge < -0.3 is 10.6 Å². The van der Waals surface area contributed by atoms with Gasteiger partial charge in [-0.05, 0) is 38.1 Å². The van der Waals surface area contributed by atoms with E-state index in [1.807, 2.05) is 34.9 Å². The lowest BCUT2D eigenvalue weighted by molar-refractivity contribution is 0.865. The van der Waals surface area contributed by atoms with Crippen molar-refractivity contribution in [2.75, 3.05) is 23.7 Å². The van der Waals surface area contributed by atoms with Gasteiger partial charge in [-0.15, -0.1) is 0 Å². The maximum Gasteiger partial charge on any atom is 0.205 e. The standard InChI is InChI=1S/C17H19N4/c1-3-20(4-2)13-8-7-9-14(12-13)21-16-11-6-5-10-15(16)19-17(21)18/h5-8,10-12H,3-4H2,1-2H3,(H2,18,19). The molecular weight excluding hydrogens is 260 g/mol. The van der Waals surface area contributed by atoms with Crippen molar-refractivity contribution < 1.29 is 0 Å². The number of rotatable bonds is 4. The van der Waals surface area contributed by atoms with Gasteiger partial charge in [0.05, 0.1) is 16.7 Å². The second-order valence-electron chi connectivity index (χ2n) is 4.90. The van der Waals surface area contributed by atoms with E-state index in [1.54, 1.807) is 0 Å². The summed E-state index contributed by atoms with van der Waals surface area (Å²) in [6.45, 7) is 6.25. The number of benzene rings is 2. The van der Waals surface area contributed by atoms with Crippen molar-refractivity contribution in [2.45, 2.75) is 13.8 Å². The lowest BCUT2D eigenvalue weighted by Gasteiger charge is -2.21. The van der Waals surface area contributed by atoms with E-state index in [1.165, 1.54) is 5.69 Å². The summed E-state index contributed by atoms with van der Waals surface area (Å²) in [6, 6.07) is 17.3. The van der Waals surface area contributed by atoms with Gasteiger partial charge in [0.2, 0.25) is 5.95 Å². The maximum atomic E-state index is 6.09. The molecule has 3 rings (SSSR count). The Labute approximate surface area is 124 Å². The van der Waals surface area contributed by atoms with Gasteiger partial charge in [0, 0.05) is 24.8 Å². The summed E-state index contributed by atoms with van der Waals surface area (Å²) in [5.74, 6) is 0.490. The number of fused-ring (bicyclic) bond motifs is 1. The molecule has 4 heteroatoms. The third kappa shape index (κ3) is 2.33. The number of hydrogen-bond acceptors (Lipinski definition) is 3. The minimum atomic E-state index is 0.490. The number of para-hydroxylation sites is 2. The van der Waals surface area contributed by atoms with Crippen LogP contribution >= 0.6 is 0 Å². The lowest BCUT2D eigenvalue weighted by Crippen LogP contribution is -2.21. The Morgan fingerprint density at radius 1 is 1.19 bits per heavy atom. The van der Waals surface area contributed by atoms with Crippen LogP contribution < -0.4 is 10.6 Å². The van der Waals surface area contributed by atoms with Crippen LogP contribution in [0, 0.1) is 6.07 Å². The highest BCUT2D eigenvalue weighted by Gasteiger charge is 2.11. The van der Waals surface area contributed by atoms with E-state index in [9.17, 15) is 0 Å².